The molecule has 2 heterocycles. The monoisotopic (exact) mass is 403 g/mol. The Balaban J connectivity index is 1.66. The average Bonchev–Trinajstić information content (AvgIpc) is 2.73. The molecule has 1 aliphatic rings. The molecule has 0 atom stereocenters. The number of fused-ring (bicyclic) bond motifs is 1. The molecule has 4 rings (SSSR count). The lowest BCUT2D eigenvalue weighted by Gasteiger charge is -2.38. The summed E-state index contributed by atoms with van der Waals surface area (Å²) in [6, 6.07) is 16.5. The number of benzene rings is 2. The van der Waals surface area contributed by atoms with Crippen LogP contribution in [0.4, 0.5) is 0 Å². The fraction of sp³-hybridized carbons (Fsp3) is 0.240. The third kappa shape index (κ3) is 3.88. The number of rotatable bonds is 4. The Labute approximate surface area is 177 Å². The fourth-order valence-corrected chi connectivity index (χ4v) is 4.17. The maximum Gasteiger partial charge on any atom is 0.0731 e. The molecule has 0 spiro atoms. The summed E-state index contributed by atoms with van der Waals surface area (Å²) in [4.78, 5) is 9.59. The summed E-state index contributed by atoms with van der Waals surface area (Å²) in [7, 11) is 0. The van der Waals surface area contributed by atoms with E-state index in [1.54, 1.807) is 0 Å². The van der Waals surface area contributed by atoms with Gasteiger partial charge in [-0.3, -0.25) is 0 Å². The van der Waals surface area contributed by atoms with Gasteiger partial charge in [0.25, 0.3) is 0 Å². The highest BCUT2D eigenvalue weighted by Crippen LogP contribution is 2.31. The Morgan fingerprint density at radius 1 is 0.966 bits per heavy atom. The topological polar surface area (TPSA) is 19.4 Å². The van der Waals surface area contributed by atoms with E-state index in [0.29, 0.717) is 0 Å². The molecule has 1 aromatic heterocycles. The van der Waals surface area contributed by atoms with Gasteiger partial charge in [0.2, 0.25) is 0 Å². The first-order valence-electron chi connectivity index (χ1n) is 9.95. The van der Waals surface area contributed by atoms with Gasteiger partial charge in [-0.05, 0) is 37.1 Å². The minimum atomic E-state index is 0.723. The van der Waals surface area contributed by atoms with Gasteiger partial charge in [-0.25, -0.2) is 4.98 Å². The van der Waals surface area contributed by atoms with Crippen LogP contribution < -0.4 is 0 Å². The van der Waals surface area contributed by atoms with E-state index in [-0.39, 0.29) is 0 Å². The van der Waals surface area contributed by atoms with E-state index in [2.05, 4.69) is 67.1 Å². The lowest BCUT2D eigenvalue weighted by molar-refractivity contribution is 0.215. The highest BCUT2D eigenvalue weighted by Gasteiger charge is 2.19. The summed E-state index contributed by atoms with van der Waals surface area (Å²) >= 11 is 6.60. The number of nitrogens with zero attached hydrogens (tertiary/aromatic N) is 3. The lowest BCUT2D eigenvalue weighted by atomic mass is 10.0. The molecular formula is C25H26ClN3. The van der Waals surface area contributed by atoms with Crippen LogP contribution in [0, 0.1) is 6.92 Å². The fourth-order valence-electron chi connectivity index (χ4n) is 3.90. The van der Waals surface area contributed by atoms with E-state index in [9.17, 15) is 0 Å². The molecule has 3 nitrogen and oxygen atoms in total. The normalized spacial score (nSPS) is 14.3. The Hall–Kier alpha value is -2.78. The van der Waals surface area contributed by atoms with Gasteiger partial charge in [-0.15, -0.1) is 0 Å². The molecule has 1 fully saturated rings. The molecule has 4 heteroatoms. The minimum absolute atomic E-state index is 0.723. The third-order valence-corrected chi connectivity index (χ3v) is 6.03. The maximum atomic E-state index is 6.60. The Bertz CT molecular complexity index is 1090. The van der Waals surface area contributed by atoms with E-state index < -0.39 is 0 Å². The quantitative estimate of drug-likeness (QED) is 0.533. The molecule has 1 saturated heterocycles. The average molecular weight is 404 g/mol. The van der Waals surface area contributed by atoms with Crippen molar-refractivity contribution in [3.8, 4) is 11.3 Å². The van der Waals surface area contributed by atoms with Gasteiger partial charge in [0.05, 0.1) is 16.2 Å². The second kappa shape index (κ2) is 7.92. The van der Waals surface area contributed by atoms with Crippen molar-refractivity contribution < 1.29 is 0 Å². The van der Waals surface area contributed by atoms with Gasteiger partial charge in [-0.2, -0.15) is 0 Å². The summed E-state index contributed by atoms with van der Waals surface area (Å²) in [5.74, 6) is 0. The highest BCUT2D eigenvalue weighted by molar-refractivity contribution is 6.35. The Morgan fingerprint density at radius 2 is 1.66 bits per heavy atom. The number of allylic oxidation sites excluding steroid dienone is 1. The van der Waals surface area contributed by atoms with Crippen molar-refractivity contribution in [1.29, 1.82) is 0 Å². The number of piperazine rings is 1. The Kier molecular flexibility index (Phi) is 5.33. The largest absolute Gasteiger partial charge is 0.372 e. The standard InChI is InChI=1S/C25H26ClN3/c1-17(2)28-11-13-29(14-12-28)19(4)20-9-10-22-23(26)16-25(27-24(22)15-20)21-8-6-5-7-18(21)3/h5-10,15-16H,1,4,11-14H2,2-3H3. The molecular weight excluding hydrogens is 378 g/mol. The number of halogens is 1. The molecule has 1 aliphatic heterocycles. The smallest absolute Gasteiger partial charge is 0.0731 e. The predicted octanol–water partition coefficient (Wildman–Crippen LogP) is 5.99. The molecule has 0 N–H and O–H groups in total. The number of hydrogen-bond acceptors (Lipinski definition) is 3. The first-order chi connectivity index (χ1) is 13.9. The van der Waals surface area contributed by atoms with Crippen molar-refractivity contribution in [1.82, 2.24) is 14.8 Å². The number of aryl methyl sites for hydroxylation is 1. The van der Waals surface area contributed by atoms with Crippen molar-refractivity contribution in [2.45, 2.75) is 13.8 Å². The van der Waals surface area contributed by atoms with E-state index in [4.69, 9.17) is 16.6 Å². The molecule has 0 unspecified atom stereocenters. The second-order valence-electron chi connectivity index (χ2n) is 7.69. The van der Waals surface area contributed by atoms with Crippen LogP contribution in [-0.2, 0) is 0 Å². The van der Waals surface area contributed by atoms with Gasteiger partial charge in [0.15, 0.2) is 0 Å². The van der Waals surface area contributed by atoms with Crippen LogP contribution in [0.5, 0.6) is 0 Å². The third-order valence-electron chi connectivity index (χ3n) is 5.71. The zero-order valence-corrected chi connectivity index (χ0v) is 17.8. The summed E-state index contributed by atoms with van der Waals surface area (Å²) in [5, 5.41) is 1.69. The van der Waals surface area contributed by atoms with E-state index >= 15 is 0 Å². The lowest BCUT2D eigenvalue weighted by Crippen LogP contribution is -2.44. The summed E-state index contributed by atoms with van der Waals surface area (Å²) in [6.45, 7) is 16.4. The maximum absolute atomic E-state index is 6.60. The van der Waals surface area contributed by atoms with Crippen LogP contribution in [0.1, 0.15) is 18.1 Å². The van der Waals surface area contributed by atoms with Crippen LogP contribution in [0.3, 0.4) is 0 Å². The SMILES string of the molecule is C=C(C)N1CCN(C(=C)c2ccc3c(Cl)cc(-c4ccccc4C)nc3c2)CC1. The van der Waals surface area contributed by atoms with E-state index in [0.717, 1.165) is 70.3 Å². The van der Waals surface area contributed by atoms with Gasteiger partial charge >= 0.3 is 0 Å². The molecule has 148 valence electrons. The zero-order chi connectivity index (χ0) is 20.5. The number of hydrogen-bond donors (Lipinski definition) is 0. The van der Waals surface area contributed by atoms with Gasteiger partial charge in [0, 0.05) is 48.5 Å². The van der Waals surface area contributed by atoms with Crippen molar-refractivity contribution in [3.05, 3.63) is 83.5 Å². The van der Waals surface area contributed by atoms with Crippen molar-refractivity contribution in [2.24, 2.45) is 0 Å². The van der Waals surface area contributed by atoms with Crippen molar-refractivity contribution in [3.63, 3.8) is 0 Å². The zero-order valence-electron chi connectivity index (χ0n) is 17.1. The van der Waals surface area contributed by atoms with Crippen molar-refractivity contribution >= 4 is 28.2 Å². The molecule has 0 saturated carbocycles. The molecule has 2 aromatic carbocycles. The molecule has 3 aromatic rings. The van der Waals surface area contributed by atoms with Crippen LogP contribution in [0.15, 0.2) is 67.4 Å². The Morgan fingerprint density at radius 3 is 2.34 bits per heavy atom. The molecule has 0 aliphatic carbocycles. The first-order valence-corrected chi connectivity index (χ1v) is 10.3. The highest BCUT2D eigenvalue weighted by atomic mass is 35.5. The van der Waals surface area contributed by atoms with Gasteiger partial charge < -0.3 is 9.80 Å². The van der Waals surface area contributed by atoms with Crippen LogP contribution in [0.25, 0.3) is 27.9 Å². The van der Waals surface area contributed by atoms with Crippen LogP contribution in [-0.4, -0.2) is 41.0 Å². The van der Waals surface area contributed by atoms with E-state index in [1.807, 2.05) is 18.2 Å². The predicted molar refractivity (Wildman–Crippen MR) is 124 cm³/mol. The van der Waals surface area contributed by atoms with Gasteiger partial charge in [0.1, 0.15) is 0 Å². The van der Waals surface area contributed by atoms with Gasteiger partial charge in [-0.1, -0.05) is 61.2 Å². The molecule has 0 bridgehead atoms. The van der Waals surface area contributed by atoms with Crippen molar-refractivity contribution in [2.75, 3.05) is 26.2 Å². The number of pyridine rings is 1. The minimum Gasteiger partial charge on any atom is -0.372 e. The molecule has 29 heavy (non-hydrogen) atoms. The van der Waals surface area contributed by atoms with Crippen LogP contribution in [0.2, 0.25) is 5.02 Å². The summed E-state index contributed by atoms with van der Waals surface area (Å²) in [6.07, 6.45) is 0. The molecule has 0 amide bonds. The second-order valence-corrected chi connectivity index (χ2v) is 8.10. The molecule has 0 radical (unpaired) electrons. The summed E-state index contributed by atoms with van der Waals surface area (Å²) in [5.41, 5.74) is 7.35. The first kappa shape index (κ1) is 19.5. The summed E-state index contributed by atoms with van der Waals surface area (Å²) < 4.78 is 0. The number of aromatic nitrogens is 1. The van der Waals surface area contributed by atoms with E-state index in [1.165, 1.54) is 5.56 Å². The van der Waals surface area contributed by atoms with Crippen LogP contribution >= 0.6 is 11.6 Å².